The van der Waals surface area contributed by atoms with Gasteiger partial charge in [-0.05, 0) is 43.4 Å². The largest absolute Gasteiger partial charge is 0.493 e. The van der Waals surface area contributed by atoms with Crippen LogP contribution in [-0.4, -0.2) is 12.5 Å². The molecule has 5 nitrogen and oxygen atoms in total. The third kappa shape index (κ3) is 4.76. The molecule has 2 aromatic rings. The molecule has 0 atom stereocenters. The summed E-state index contributed by atoms with van der Waals surface area (Å²) in [5.74, 6) is 1.96. The van der Waals surface area contributed by atoms with Gasteiger partial charge in [-0.2, -0.15) is 0 Å². The Bertz CT molecular complexity index is 695. The summed E-state index contributed by atoms with van der Waals surface area (Å²) in [7, 11) is 0. The lowest BCUT2D eigenvalue weighted by Gasteiger charge is -2.13. The zero-order valence-corrected chi connectivity index (χ0v) is 14.5. The summed E-state index contributed by atoms with van der Waals surface area (Å²) in [5, 5.41) is 2.90. The number of nitrogens with one attached hydrogen (secondary N) is 1. The van der Waals surface area contributed by atoms with E-state index in [-0.39, 0.29) is 24.9 Å². The van der Waals surface area contributed by atoms with E-state index in [1.165, 1.54) is 19.1 Å². The van der Waals surface area contributed by atoms with Crippen LogP contribution in [0.25, 0.3) is 0 Å². The molecule has 24 heavy (non-hydrogen) atoms. The minimum Gasteiger partial charge on any atom is -0.493 e. The van der Waals surface area contributed by atoms with E-state index in [0.29, 0.717) is 23.8 Å². The maximum absolute atomic E-state index is 12.1. The average Bonchev–Trinajstić information content (AvgIpc) is 3.26. The van der Waals surface area contributed by atoms with Crippen molar-refractivity contribution < 1.29 is 13.9 Å². The molecule has 1 aliphatic carbocycles. The van der Waals surface area contributed by atoms with Gasteiger partial charge in [-0.1, -0.05) is 12.1 Å². The molecule has 3 N–H and O–H groups in total. The second kappa shape index (κ2) is 8.22. The highest BCUT2D eigenvalue weighted by Crippen LogP contribution is 2.30. The van der Waals surface area contributed by atoms with Gasteiger partial charge in [-0.25, -0.2) is 0 Å². The van der Waals surface area contributed by atoms with Gasteiger partial charge in [-0.15, -0.1) is 12.4 Å². The van der Waals surface area contributed by atoms with Crippen LogP contribution in [0.1, 0.15) is 40.1 Å². The molecular formula is C18H23ClN2O3. The minimum atomic E-state index is -0.179. The van der Waals surface area contributed by atoms with E-state index in [2.05, 4.69) is 5.32 Å². The lowest BCUT2D eigenvalue weighted by Crippen LogP contribution is -2.22. The van der Waals surface area contributed by atoms with Gasteiger partial charge in [0.25, 0.3) is 5.91 Å². The lowest BCUT2D eigenvalue weighted by atomic mass is 10.1. The van der Waals surface area contributed by atoms with E-state index in [4.69, 9.17) is 14.9 Å². The van der Waals surface area contributed by atoms with Crippen molar-refractivity contribution in [1.82, 2.24) is 5.32 Å². The molecule has 0 bridgehead atoms. The SMILES string of the molecule is Cc1ccc(CNC(=O)c2coc(CN)c2)c(OCC2CC2)c1.Cl. The van der Waals surface area contributed by atoms with E-state index >= 15 is 0 Å². The molecule has 1 aromatic heterocycles. The topological polar surface area (TPSA) is 77.5 Å². The van der Waals surface area contributed by atoms with Gasteiger partial charge in [0, 0.05) is 12.1 Å². The number of furan rings is 1. The van der Waals surface area contributed by atoms with Gasteiger partial charge in [-0.3, -0.25) is 4.79 Å². The summed E-state index contributed by atoms with van der Waals surface area (Å²) in [5.41, 5.74) is 8.09. The van der Waals surface area contributed by atoms with Gasteiger partial charge in [0.05, 0.1) is 18.7 Å². The summed E-state index contributed by atoms with van der Waals surface area (Å²) in [6.45, 7) is 3.49. The number of nitrogens with two attached hydrogens (primary N) is 1. The second-order valence-electron chi connectivity index (χ2n) is 6.05. The summed E-state index contributed by atoms with van der Waals surface area (Å²) < 4.78 is 11.1. The lowest BCUT2D eigenvalue weighted by molar-refractivity contribution is 0.0950. The molecule has 0 spiro atoms. The molecule has 130 valence electrons. The van der Waals surface area contributed by atoms with Crippen molar-refractivity contribution in [3.63, 3.8) is 0 Å². The third-order valence-corrected chi connectivity index (χ3v) is 3.95. The molecule has 0 saturated heterocycles. The Morgan fingerprint density at radius 1 is 1.38 bits per heavy atom. The normalized spacial score (nSPS) is 13.2. The van der Waals surface area contributed by atoms with Crippen LogP contribution in [0.5, 0.6) is 5.75 Å². The van der Waals surface area contributed by atoms with Crippen LogP contribution in [-0.2, 0) is 13.1 Å². The Morgan fingerprint density at radius 2 is 2.17 bits per heavy atom. The van der Waals surface area contributed by atoms with Gasteiger partial charge in [0.15, 0.2) is 0 Å². The van der Waals surface area contributed by atoms with Crippen molar-refractivity contribution in [3.8, 4) is 5.75 Å². The first-order chi connectivity index (χ1) is 11.2. The van der Waals surface area contributed by atoms with Crippen LogP contribution < -0.4 is 15.8 Å². The number of carbonyl (C=O) groups excluding carboxylic acids is 1. The molecule has 1 aromatic carbocycles. The van der Waals surface area contributed by atoms with Crippen molar-refractivity contribution in [1.29, 1.82) is 0 Å². The van der Waals surface area contributed by atoms with Gasteiger partial charge < -0.3 is 20.2 Å². The minimum absolute atomic E-state index is 0. The smallest absolute Gasteiger partial charge is 0.254 e. The number of benzene rings is 1. The summed E-state index contributed by atoms with van der Waals surface area (Å²) in [4.78, 5) is 12.1. The molecule has 1 amide bonds. The molecule has 1 saturated carbocycles. The molecule has 1 fully saturated rings. The van der Waals surface area contributed by atoms with Crippen LogP contribution in [0.4, 0.5) is 0 Å². The number of ether oxygens (including phenoxy) is 1. The molecule has 0 unspecified atom stereocenters. The van der Waals surface area contributed by atoms with Crippen LogP contribution >= 0.6 is 12.4 Å². The Kier molecular flexibility index (Phi) is 6.29. The average molecular weight is 351 g/mol. The van der Waals surface area contributed by atoms with Gasteiger partial charge in [0.1, 0.15) is 17.8 Å². The second-order valence-corrected chi connectivity index (χ2v) is 6.05. The number of aryl methyl sites for hydroxylation is 1. The predicted molar refractivity (Wildman–Crippen MR) is 94.4 cm³/mol. The Balaban J connectivity index is 0.00000208. The number of amides is 1. The van der Waals surface area contributed by atoms with Crippen molar-refractivity contribution in [3.05, 3.63) is 53.0 Å². The van der Waals surface area contributed by atoms with Crippen molar-refractivity contribution >= 4 is 18.3 Å². The predicted octanol–water partition coefficient (Wildman–Crippen LogP) is 3.19. The van der Waals surface area contributed by atoms with Gasteiger partial charge >= 0.3 is 0 Å². The number of halogens is 1. The maximum atomic E-state index is 12.1. The molecule has 6 heteroatoms. The third-order valence-electron chi connectivity index (χ3n) is 3.95. The van der Waals surface area contributed by atoms with E-state index in [1.54, 1.807) is 6.07 Å². The van der Waals surface area contributed by atoms with Crippen molar-refractivity contribution in [2.24, 2.45) is 11.7 Å². The van der Waals surface area contributed by atoms with Crippen molar-refractivity contribution in [2.75, 3.05) is 6.61 Å². The van der Waals surface area contributed by atoms with Crippen LogP contribution in [0.3, 0.4) is 0 Å². The standard InChI is InChI=1S/C18H22N2O3.ClH/c1-12-2-5-14(17(6-12)23-10-13-3-4-13)9-20-18(21)15-7-16(8-19)22-11-15;/h2,5-7,11,13H,3-4,8-10,19H2,1H3,(H,20,21);1H. The van der Waals surface area contributed by atoms with Crippen LogP contribution in [0.15, 0.2) is 34.9 Å². The zero-order valence-electron chi connectivity index (χ0n) is 13.7. The fourth-order valence-electron chi connectivity index (χ4n) is 2.32. The number of rotatable bonds is 7. The Morgan fingerprint density at radius 3 is 2.83 bits per heavy atom. The molecule has 0 aliphatic heterocycles. The molecule has 3 rings (SSSR count). The molecule has 0 radical (unpaired) electrons. The van der Waals surface area contributed by atoms with E-state index < -0.39 is 0 Å². The quantitative estimate of drug-likeness (QED) is 0.804. The molecular weight excluding hydrogens is 328 g/mol. The first-order valence-electron chi connectivity index (χ1n) is 7.93. The first-order valence-corrected chi connectivity index (χ1v) is 7.93. The van der Waals surface area contributed by atoms with Crippen LogP contribution in [0.2, 0.25) is 0 Å². The number of carbonyl (C=O) groups is 1. The monoisotopic (exact) mass is 350 g/mol. The summed E-state index contributed by atoms with van der Waals surface area (Å²) in [6, 6.07) is 7.71. The fourth-order valence-corrected chi connectivity index (χ4v) is 2.32. The zero-order chi connectivity index (χ0) is 16.2. The molecule has 1 heterocycles. The number of hydrogen-bond acceptors (Lipinski definition) is 4. The highest BCUT2D eigenvalue weighted by molar-refractivity contribution is 5.93. The van der Waals surface area contributed by atoms with Crippen molar-refractivity contribution in [2.45, 2.75) is 32.9 Å². The Labute approximate surface area is 148 Å². The van der Waals surface area contributed by atoms with Gasteiger partial charge in [0.2, 0.25) is 0 Å². The molecule has 1 aliphatic rings. The maximum Gasteiger partial charge on any atom is 0.254 e. The number of hydrogen-bond donors (Lipinski definition) is 2. The highest BCUT2D eigenvalue weighted by atomic mass is 35.5. The fraction of sp³-hybridized carbons (Fsp3) is 0.389. The van der Waals surface area contributed by atoms with E-state index in [1.807, 2.05) is 25.1 Å². The van der Waals surface area contributed by atoms with Crippen LogP contribution in [0, 0.1) is 12.8 Å². The first kappa shape index (κ1) is 18.4. The summed E-state index contributed by atoms with van der Waals surface area (Å²) in [6.07, 6.45) is 3.93. The Hall–Kier alpha value is -1.98. The highest BCUT2D eigenvalue weighted by Gasteiger charge is 2.22. The van der Waals surface area contributed by atoms with E-state index in [0.717, 1.165) is 23.5 Å². The van der Waals surface area contributed by atoms with E-state index in [9.17, 15) is 4.79 Å². The summed E-state index contributed by atoms with van der Waals surface area (Å²) >= 11 is 0.